The highest BCUT2D eigenvalue weighted by molar-refractivity contribution is 6.62. The minimum Gasteiger partial charge on any atom is -0.399 e. The van der Waals surface area contributed by atoms with Crippen molar-refractivity contribution in [1.82, 2.24) is 0 Å². The highest BCUT2D eigenvalue weighted by Crippen LogP contribution is 2.37. The van der Waals surface area contributed by atoms with E-state index in [1.165, 1.54) is 0 Å². The van der Waals surface area contributed by atoms with E-state index < -0.39 is 91.1 Å². The van der Waals surface area contributed by atoms with Crippen LogP contribution in [0.2, 0.25) is 0 Å². The largest absolute Gasteiger partial charge is 0.500 e. The van der Waals surface area contributed by atoms with E-state index in [1.54, 1.807) is 55.4 Å². The van der Waals surface area contributed by atoms with Gasteiger partial charge in [-0.1, -0.05) is 0 Å². The fourth-order valence-corrected chi connectivity index (χ4v) is 4.06. The molecule has 0 bridgehead atoms. The van der Waals surface area contributed by atoms with Crippen molar-refractivity contribution in [2.24, 2.45) is 0 Å². The van der Waals surface area contributed by atoms with E-state index in [0.29, 0.717) is 0 Å². The number of hydrogen-bond donors (Lipinski definition) is 4. The Labute approximate surface area is 195 Å². The van der Waals surface area contributed by atoms with Crippen molar-refractivity contribution in [3.05, 3.63) is 43.5 Å². The summed E-state index contributed by atoms with van der Waals surface area (Å²) in [7, 11) is -2.66. The molecule has 12 heteroatoms. The van der Waals surface area contributed by atoms with Gasteiger partial charge in [0.25, 0.3) is 0 Å². The lowest BCUT2D eigenvalue weighted by molar-refractivity contribution is 0.00578. The van der Waals surface area contributed by atoms with Gasteiger partial charge in [0.2, 0.25) is 0 Å². The van der Waals surface area contributed by atoms with Crippen molar-refractivity contribution in [1.29, 1.82) is 21.6 Å². The highest BCUT2D eigenvalue weighted by atomic mass is 19.1. The summed E-state index contributed by atoms with van der Waals surface area (Å²) < 4.78 is 55.1. The van der Waals surface area contributed by atoms with Gasteiger partial charge in [0.05, 0.1) is 43.8 Å². The molecule has 2 aliphatic carbocycles. The van der Waals surface area contributed by atoms with Crippen LogP contribution in [0.4, 0.5) is 8.78 Å². The van der Waals surface area contributed by atoms with Crippen molar-refractivity contribution in [3.63, 3.8) is 0 Å². The molecular weight excluding hydrogens is 444 g/mol. The first-order valence-electron chi connectivity index (χ1n) is 11.0. The second-order valence-electron chi connectivity index (χ2n) is 10.9. The van der Waals surface area contributed by atoms with Crippen LogP contribution < -0.4 is 32.4 Å². The molecule has 0 aromatic carbocycles. The van der Waals surface area contributed by atoms with Gasteiger partial charge in [0, 0.05) is 21.4 Å². The molecule has 0 unspecified atom stereocenters. The summed E-state index contributed by atoms with van der Waals surface area (Å²) in [4.78, 5) is 0. The Bertz CT molecular complexity index is 1360. The molecule has 4 rings (SSSR count). The minimum atomic E-state index is -1.33. The fraction of sp³-hybridized carbons (Fsp3) is 0.545. The summed E-state index contributed by atoms with van der Waals surface area (Å²) in [6.45, 7) is 14.0. The van der Waals surface area contributed by atoms with Crippen LogP contribution in [0, 0.1) is 43.7 Å². The summed E-state index contributed by atoms with van der Waals surface area (Å²) in [5.41, 5.74) is -4.17. The minimum absolute atomic E-state index is 0.396. The quantitative estimate of drug-likeness (QED) is 0.461. The Morgan fingerprint density at radius 3 is 0.971 bits per heavy atom. The molecule has 180 valence electrons. The number of rotatable bonds is 2. The molecule has 34 heavy (non-hydrogen) atoms. The van der Waals surface area contributed by atoms with Crippen LogP contribution in [0.25, 0.3) is 0 Å². The third kappa shape index (κ3) is 3.19. The molecule has 2 saturated heterocycles. The Hall–Kier alpha value is -2.27. The number of hydrogen-bond acceptors (Lipinski definition) is 8. The van der Waals surface area contributed by atoms with Crippen LogP contribution in [0.15, 0.2) is 0 Å². The predicted molar refractivity (Wildman–Crippen MR) is 119 cm³/mol. The molecule has 2 fully saturated rings. The van der Waals surface area contributed by atoms with Gasteiger partial charge in [0.1, 0.15) is 11.6 Å². The van der Waals surface area contributed by atoms with Crippen molar-refractivity contribution in [2.75, 3.05) is 0 Å². The van der Waals surface area contributed by atoms with Gasteiger partial charge in [-0.25, -0.2) is 8.78 Å². The molecule has 2 aliphatic heterocycles. The van der Waals surface area contributed by atoms with Crippen molar-refractivity contribution in [3.8, 4) is 0 Å². The van der Waals surface area contributed by atoms with Gasteiger partial charge in [-0.05, 0) is 55.4 Å². The summed E-state index contributed by atoms with van der Waals surface area (Å²) in [6.07, 6.45) is 0. The lowest BCUT2D eigenvalue weighted by Gasteiger charge is -2.32. The maximum absolute atomic E-state index is 15.8. The van der Waals surface area contributed by atoms with Crippen LogP contribution in [-0.4, -0.2) is 36.6 Å². The smallest absolute Gasteiger partial charge is 0.399 e. The lowest BCUT2D eigenvalue weighted by Crippen LogP contribution is -2.57. The summed E-state index contributed by atoms with van der Waals surface area (Å²) in [6, 6.07) is 0. The van der Waals surface area contributed by atoms with Crippen LogP contribution in [-0.2, 0) is 18.6 Å². The van der Waals surface area contributed by atoms with E-state index in [-0.39, 0.29) is 0 Å². The highest BCUT2D eigenvalue weighted by Gasteiger charge is 2.54. The molecule has 0 amide bonds. The predicted octanol–water partition coefficient (Wildman–Crippen LogP) is 0.0815. The number of nitrogens with one attached hydrogen (secondary N) is 4. The SMILES string of the molecule is CC1(C)OB(c2c(F)c3c(=N)c(=N)c(B4OC(C)(C)C(C)(C)O4)c(F)c=3c(=N)c2=N)OC1(C)C. The summed E-state index contributed by atoms with van der Waals surface area (Å²) in [5.74, 6) is -2.24. The molecule has 0 atom stereocenters. The zero-order chi connectivity index (χ0) is 25.8. The summed E-state index contributed by atoms with van der Waals surface area (Å²) in [5, 5.41) is 30.2. The number of halogens is 2. The third-order valence-electron chi connectivity index (χ3n) is 7.68. The van der Waals surface area contributed by atoms with E-state index >= 15 is 8.78 Å². The van der Waals surface area contributed by atoms with Gasteiger partial charge in [-0.3, -0.25) is 21.6 Å². The maximum atomic E-state index is 15.8. The molecule has 0 aromatic heterocycles. The molecular formula is C22H28B2F2N4O4. The summed E-state index contributed by atoms with van der Waals surface area (Å²) >= 11 is 0. The van der Waals surface area contributed by atoms with Gasteiger partial charge in [0.15, 0.2) is 0 Å². The average Bonchev–Trinajstić information content (AvgIpc) is 3.02. The van der Waals surface area contributed by atoms with Crippen molar-refractivity contribution >= 4 is 25.2 Å². The van der Waals surface area contributed by atoms with Gasteiger partial charge >= 0.3 is 14.2 Å². The first-order valence-corrected chi connectivity index (χ1v) is 11.0. The van der Waals surface area contributed by atoms with E-state index in [1.807, 2.05) is 0 Å². The maximum Gasteiger partial charge on any atom is 0.500 e. The van der Waals surface area contributed by atoms with Gasteiger partial charge in [-0.15, -0.1) is 0 Å². The van der Waals surface area contributed by atoms with E-state index in [4.69, 9.17) is 40.3 Å². The van der Waals surface area contributed by atoms with Crippen molar-refractivity contribution < 1.29 is 27.4 Å². The van der Waals surface area contributed by atoms with Crippen LogP contribution in [0.3, 0.4) is 0 Å². The molecule has 0 saturated carbocycles. The standard InChI is InChI=1S/C22H28B2F2N4O4/c1-19(2)20(3,4)32-23(31-19)11-13(25)9-10(15(27)17(11)29)14(26)12(18(30)16(9)28)24-33-21(5,6)22(7,8)34-24/h27-30H,1-8H3. The average molecular weight is 472 g/mol. The Morgan fingerprint density at radius 2 is 0.735 bits per heavy atom. The first kappa shape index (κ1) is 24.8. The molecule has 4 aliphatic rings. The van der Waals surface area contributed by atoms with Gasteiger partial charge in [-0.2, -0.15) is 0 Å². The van der Waals surface area contributed by atoms with Crippen molar-refractivity contribution in [2.45, 2.75) is 77.8 Å². The second kappa shape index (κ2) is 7.13. The molecule has 0 aromatic rings. The lowest BCUT2D eigenvalue weighted by atomic mass is 9.74. The van der Waals surface area contributed by atoms with Crippen LogP contribution in [0.1, 0.15) is 55.4 Å². The normalized spacial score (nSPS) is 22.6. The van der Waals surface area contributed by atoms with E-state index in [0.717, 1.165) is 0 Å². The Morgan fingerprint density at radius 1 is 0.500 bits per heavy atom. The molecule has 0 spiro atoms. The Balaban J connectivity index is 2.03. The molecule has 2 heterocycles. The third-order valence-corrected chi connectivity index (χ3v) is 7.68. The zero-order valence-corrected chi connectivity index (χ0v) is 20.5. The zero-order valence-electron chi connectivity index (χ0n) is 20.5. The van der Waals surface area contributed by atoms with E-state index in [2.05, 4.69) is 0 Å². The Kier molecular flexibility index (Phi) is 5.21. The van der Waals surface area contributed by atoms with Gasteiger partial charge < -0.3 is 18.6 Å². The fourth-order valence-electron chi connectivity index (χ4n) is 4.06. The molecule has 8 nitrogen and oxygen atoms in total. The molecule has 4 N–H and O–H groups in total. The van der Waals surface area contributed by atoms with E-state index in [9.17, 15) is 0 Å². The second-order valence-corrected chi connectivity index (χ2v) is 10.9. The monoisotopic (exact) mass is 472 g/mol. The molecule has 0 radical (unpaired) electrons. The topological polar surface area (TPSA) is 132 Å². The van der Waals surface area contributed by atoms with Crippen LogP contribution in [0.5, 0.6) is 0 Å². The van der Waals surface area contributed by atoms with Crippen LogP contribution >= 0.6 is 0 Å². The first-order chi connectivity index (χ1) is 15.3.